The van der Waals surface area contributed by atoms with Gasteiger partial charge >= 0.3 is 0 Å². The average molecular weight is 433 g/mol. The standard InChI is InChI=1S/C21H27N3O7/c1-22-20(29)17(8-6-12-26)24(2)21(30)15-7-5-9-18(16(15)13-27)31-14-19(28)23-10-3-4-11-25/h5,7,9,11-13,17H,3-4,6,8,10,14H2,1-2H3,(H,22,29)(H,23,28). The summed E-state index contributed by atoms with van der Waals surface area (Å²) < 4.78 is 5.40. The van der Waals surface area contributed by atoms with Gasteiger partial charge in [0.15, 0.2) is 12.9 Å². The molecule has 2 N–H and O–H groups in total. The number of likely N-dealkylation sites (N-methyl/N-ethyl adjacent to an activating group) is 2. The number of aldehydes is 3. The SMILES string of the molecule is CNC(=O)C(CCC=O)N(C)C(=O)c1cccc(OCC(=O)NCCCC=O)c1C=O. The minimum atomic E-state index is -0.899. The maximum atomic E-state index is 13.0. The van der Waals surface area contributed by atoms with Crippen LogP contribution in [0.15, 0.2) is 18.2 Å². The summed E-state index contributed by atoms with van der Waals surface area (Å²) in [5.74, 6) is -1.44. The lowest BCUT2D eigenvalue weighted by Crippen LogP contribution is -2.47. The summed E-state index contributed by atoms with van der Waals surface area (Å²) in [5.41, 5.74) is -0.0550. The van der Waals surface area contributed by atoms with Crippen LogP contribution < -0.4 is 15.4 Å². The van der Waals surface area contributed by atoms with E-state index in [1.807, 2.05) is 0 Å². The van der Waals surface area contributed by atoms with Crippen molar-refractivity contribution in [3.05, 3.63) is 29.3 Å². The molecule has 0 saturated heterocycles. The molecule has 0 bridgehead atoms. The average Bonchev–Trinajstić information content (AvgIpc) is 2.79. The Morgan fingerprint density at radius 3 is 2.45 bits per heavy atom. The lowest BCUT2D eigenvalue weighted by molar-refractivity contribution is -0.125. The first-order chi connectivity index (χ1) is 14.9. The number of nitrogens with zero attached hydrogens (tertiary/aromatic N) is 1. The number of hydrogen-bond acceptors (Lipinski definition) is 7. The summed E-state index contributed by atoms with van der Waals surface area (Å²) in [5, 5.41) is 5.03. The van der Waals surface area contributed by atoms with Gasteiger partial charge in [-0.25, -0.2) is 0 Å². The molecule has 0 spiro atoms. The van der Waals surface area contributed by atoms with Crippen LogP contribution in [-0.4, -0.2) is 74.8 Å². The number of amides is 3. The monoisotopic (exact) mass is 433 g/mol. The minimum Gasteiger partial charge on any atom is -0.483 e. The maximum absolute atomic E-state index is 13.0. The number of carbonyl (C=O) groups is 6. The van der Waals surface area contributed by atoms with Crippen LogP contribution in [0.3, 0.4) is 0 Å². The number of unbranched alkanes of at least 4 members (excludes halogenated alkanes) is 1. The summed E-state index contributed by atoms with van der Waals surface area (Å²) in [7, 11) is 2.83. The molecule has 0 aliphatic heterocycles. The van der Waals surface area contributed by atoms with E-state index in [0.29, 0.717) is 32.0 Å². The van der Waals surface area contributed by atoms with Crippen LogP contribution >= 0.6 is 0 Å². The number of nitrogens with one attached hydrogen (secondary N) is 2. The second kappa shape index (κ2) is 13.6. The molecule has 1 aromatic rings. The van der Waals surface area contributed by atoms with Gasteiger partial charge in [-0.2, -0.15) is 0 Å². The molecule has 1 rings (SSSR count). The first kappa shape index (κ1) is 25.5. The molecule has 0 heterocycles. The highest BCUT2D eigenvalue weighted by atomic mass is 16.5. The Hall–Kier alpha value is -3.56. The van der Waals surface area contributed by atoms with Crippen molar-refractivity contribution < 1.29 is 33.5 Å². The zero-order valence-corrected chi connectivity index (χ0v) is 17.6. The lowest BCUT2D eigenvalue weighted by Gasteiger charge is -2.27. The van der Waals surface area contributed by atoms with Crippen LogP contribution in [0.5, 0.6) is 5.75 Å². The first-order valence-corrected chi connectivity index (χ1v) is 9.74. The molecule has 0 aliphatic carbocycles. The lowest BCUT2D eigenvalue weighted by atomic mass is 10.0. The molecule has 10 heteroatoms. The van der Waals surface area contributed by atoms with E-state index in [1.54, 1.807) is 0 Å². The van der Waals surface area contributed by atoms with Crippen molar-refractivity contribution in [1.29, 1.82) is 0 Å². The zero-order chi connectivity index (χ0) is 23.2. The van der Waals surface area contributed by atoms with Crippen molar-refractivity contribution in [1.82, 2.24) is 15.5 Å². The third-order valence-corrected chi connectivity index (χ3v) is 4.49. The highest BCUT2D eigenvalue weighted by Crippen LogP contribution is 2.23. The second-order valence-electron chi connectivity index (χ2n) is 6.57. The molecular weight excluding hydrogens is 406 g/mol. The zero-order valence-electron chi connectivity index (χ0n) is 17.6. The Kier molecular flexibility index (Phi) is 11.2. The molecule has 0 saturated carbocycles. The summed E-state index contributed by atoms with van der Waals surface area (Å²) in [6.45, 7) is -0.0674. The third kappa shape index (κ3) is 7.65. The summed E-state index contributed by atoms with van der Waals surface area (Å²) >= 11 is 0. The molecule has 0 radical (unpaired) electrons. The number of benzene rings is 1. The van der Waals surface area contributed by atoms with Gasteiger partial charge in [-0.1, -0.05) is 6.07 Å². The van der Waals surface area contributed by atoms with Crippen LogP contribution in [0.1, 0.15) is 46.4 Å². The van der Waals surface area contributed by atoms with Crippen LogP contribution in [0.4, 0.5) is 0 Å². The van der Waals surface area contributed by atoms with Gasteiger partial charge in [0.25, 0.3) is 11.8 Å². The summed E-state index contributed by atoms with van der Waals surface area (Å²) in [4.78, 5) is 70.8. The Morgan fingerprint density at radius 2 is 1.84 bits per heavy atom. The smallest absolute Gasteiger partial charge is 0.257 e. The van der Waals surface area contributed by atoms with Crippen LogP contribution in [0.2, 0.25) is 0 Å². The predicted octanol–water partition coefficient (Wildman–Crippen LogP) is 0.139. The van der Waals surface area contributed by atoms with E-state index < -0.39 is 23.8 Å². The fourth-order valence-corrected chi connectivity index (χ4v) is 2.81. The molecule has 0 fully saturated rings. The fraction of sp³-hybridized carbons (Fsp3) is 0.429. The molecule has 10 nitrogen and oxygen atoms in total. The van der Waals surface area contributed by atoms with Gasteiger partial charge in [0.05, 0.1) is 11.1 Å². The van der Waals surface area contributed by atoms with Crippen LogP contribution in [0, 0.1) is 0 Å². The number of rotatable bonds is 14. The number of hydrogen-bond donors (Lipinski definition) is 2. The number of ether oxygens (including phenoxy) is 1. The van der Waals surface area contributed by atoms with Gasteiger partial charge in [0.1, 0.15) is 24.4 Å². The molecule has 1 aromatic carbocycles. The Morgan fingerprint density at radius 1 is 1.13 bits per heavy atom. The van der Waals surface area contributed by atoms with Crippen LogP contribution in [-0.2, 0) is 19.2 Å². The van der Waals surface area contributed by atoms with Gasteiger partial charge in [0, 0.05) is 33.5 Å². The van der Waals surface area contributed by atoms with Gasteiger partial charge in [0.2, 0.25) is 5.91 Å². The van der Waals surface area contributed by atoms with Gasteiger partial charge < -0.3 is 29.9 Å². The summed E-state index contributed by atoms with van der Waals surface area (Å²) in [6, 6.07) is 3.45. The quantitative estimate of drug-likeness (QED) is 0.314. The van der Waals surface area contributed by atoms with E-state index in [0.717, 1.165) is 11.2 Å². The van der Waals surface area contributed by atoms with Crippen molar-refractivity contribution in [3.63, 3.8) is 0 Å². The topological polar surface area (TPSA) is 139 Å². The van der Waals surface area contributed by atoms with Crippen molar-refractivity contribution in [2.45, 2.75) is 31.7 Å². The molecule has 1 atom stereocenters. The van der Waals surface area contributed by atoms with E-state index in [-0.39, 0.29) is 36.3 Å². The Balaban J connectivity index is 2.97. The van der Waals surface area contributed by atoms with E-state index in [9.17, 15) is 28.8 Å². The Bertz CT molecular complexity index is 810. The van der Waals surface area contributed by atoms with E-state index in [1.165, 1.54) is 32.3 Å². The van der Waals surface area contributed by atoms with E-state index in [4.69, 9.17) is 4.74 Å². The summed E-state index contributed by atoms with van der Waals surface area (Å²) in [6.07, 6.45) is 2.90. The van der Waals surface area contributed by atoms with E-state index in [2.05, 4.69) is 10.6 Å². The molecule has 1 unspecified atom stereocenters. The van der Waals surface area contributed by atoms with Gasteiger partial charge in [-0.15, -0.1) is 0 Å². The van der Waals surface area contributed by atoms with Crippen LogP contribution in [0.25, 0.3) is 0 Å². The largest absolute Gasteiger partial charge is 0.483 e. The normalized spacial score (nSPS) is 11.0. The van der Waals surface area contributed by atoms with Crippen molar-refractivity contribution >= 4 is 36.6 Å². The fourth-order valence-electron chi connectivity index (χ4n) is 2.81. The second-order valence-corrected chi connectivity index (χ2v) is 6.57. The first-order valence-electron chi connectivity index (χ1n) is 9.74. The molecule has 0 aromatic heterocycles. The molecule has 168 valence electrons. The van der Waals surface area contributed by atoms with E-state index >= 15 is 0 Å². The molecule has 31 heavy (non-hydrogen) atoms. The molecular formula is C21H27N3O7. The third-order valence-electron chi connectivity index (χ3n) is 4.49. The van der Waals surface area contributed by atoms with Crippen molar-refractivity contribution in [2.75, 3.05) is 27.2 Å². The Labute approximate surface area is 180 Å². The highest BCUT2D eigenvalue weighted by Gasteiger charge is 2.28. The predicted molar refractivity (Wildman–Crippen MR) is 111 cm³/mol. The molecule has 0 aliphatic rings. The van der Waals surface area contributed by atoms with Gasteiger partial charge in [-0.05, 0) is 25.0 Å². The highest BCUT2D eigenvalue weighted by molar-refractivity contribution is 6.04. The minimum absolute atomic E-state index is 0.00129. The van der Waals surface area contributed by atoms with Crippen molar-refractivity contribution in [2.24, 2.45) is 0 Å². The maximum Gasteiger partial charge on any atom is 0.257 e. The van der Waals surface area contributed by atoms with Crippen molar-refractivity contribution in [3.8, 4) is 5.75 Å². The molecule has 3 amide bonds. The number of carbonyl (C=O) groups excluding carboxylic acids is 6. The van der Waals surface area contributed by atoms with Gasteiger partial charge in [-0.3, -0.25) is 19.2 Å².